The van der Waals surface area contributed by atoms with Gasteiger partial charge in [0.2, 0.25) is 0 Å². The summed E-state index contributed by atoms with van der Waals surface area (Å²) in [5.41, 5.74) is 1.13. The van der Waals surface area contributed by atoms with Crippen molar-refractivity contribution in [2.45, 2.75) is 61.1 Å². The normalized spacial score (nSPS) is 22.4. The summed E-state index contributed by atoms with van der Waals surface area (Å²) in [6, 6.07) is 3.87. The number of urea groups is 1. The molecule has 1 saturated heterocycles. The van der Waals surface area contributed by atoms with Crippen molar-refractivity contribution in [1.29, 1.82) is 0 Å². The molecule has 1 aromatic carbocycles. The molecule has 2 aliphatic carbocycles. The van der Waals surface area contributed by atoms with Crippen LogP contribution >= 0.6 is 11.6 Å². The van der Waals surface area contributed by atoms with E-state index in [1.807, 2.05) is 6.07 Å². The number of phenols is 1. The highest BCUT2D eigenvalue weighted by Crippen LogP contribution is 2.53. The molecule has 0 radical (unpaired) electrons. The molecule has 1 atom stereocenters. The molecule has 2 amide bonds. The molecule has 0 unspecified atom stereocenters. The number of benzene rings is 1. The van der Waals surface area contributed by atoms with Crippen molar-refractivity contribution < 1.29 is 22.7 Å². The molecule has 1 aliphatic heterocycles. The van der Waals surface area contributed by atoms with Gasteiger partial charge in [0.05, 0.1) is 28.3 Å². The van der Waals surface area contributed by atoms with Crippen LogP contribution in [-0.4, -0.2) is 37.9 Å². The molecule has 3 aliphatic rings. The topological polar surface area (TPSA) is 121 Å². The number of amides is 2. The largest absolute Gasteiger partial charge is 0.504 e. The Balaban J connectivity index is 1.32. The van der Waals surface area contributed by atoms with E-state index >= 15 is 0 Å². The van der Waals surface area contributed by atoms with Gasteiger partial charge in [-0.1, -0.05) is 11.6 Å². The molecule has 10 heteroatoms. The van der Waals surface area contributed by atoms with Gasteiger partial charge in [0.1, 0.15) is 10.7 Å². The van der Waals surface area contributed by atoms with E-state index < -0.39 is 26.9 Å². The zero-order chi connectivity index (χ0) is 23.2. The molecule has 2 fully saturated rings. The molecule has 2 heterocycles. The summed E-state index contributed by atoms with van der Waals surface area (Å²) < 4.78 is 32.2. The quantitative estimate of drug-likeness (QED) is 0.475. The van der Waals surface area contributed by atoms with Gasteiger partial charge in [-0.05, 0) is 87.2 Å². The highest BCUT2D eigenvalue weighted by molar-refractivity contribution is 7.92. The first kappa shape index (κ1) is 22.6. The Morgan fingerprint density at radius 1 is 1.21 bits per heavy atom. The number of hydrogen-bond acceptors (Lipinski definition) is 6. The summed E-state index contributed by atoms with van der Waals surface area (Å²) in [4.78, 5) is 12.3. The first-order valence-electron chi connectivity index (χ1n) is 11.4. The van der Waals surface area contributed by atoms with Gasteiger partial charge in [0, 0.05) is 0 Å². The van der Waals surface area contributed by atoms with Crippen molar-refractivity contribution in [3.63, 3.8) is 0 Å². The van der Waals surface area contributed by atoms with Gasteiger partial charge in [-0.25, -0.2) is 13.2 Å². The number of hydrogen-bond donors (Lipinski definition) is 4. The zero-order valence-corrected chi connectivity index (χ0v) is 19.8. The van der Waals surface area contributed by atoms with Gasteiger partial charge in [0.15, 0.2) is 15.6 Å². The highest BCUT2D eigenvalue weighted by atomic mass is 35.5. The van der Waals surface area contributed by atoms with Crippen molar-refractivity contribution in [2.24, 2.45) is 5.41 Å². The van der Waals surface area contributed by atoms with Crippen molar-refractivity contribution in [3.05, 3.63) is 40.8 Å². The van der Waals surface area contributed by atoms with Crippen molar-refractivity contribution in [1.82, 2.24) is 10.6 Å². The summed E-state index contributed by atoms with van der Waals surface area (Å²) in [6.45, 7) is 1.79. The third-order valence-corrected chi connectivity index (χ3v) is 10.0. The second-order valence-electron chi connectivity index (χ2n) is 9.45. The van der Waals surface area contributed by atoms with E-state index in [-0.39, 0.29) is 27.1 Å². The van der Waals surface area contributed by atoms with Crippen LogP contribution in [0.4, 0.5) is 10.5 Å². The van der Waals surface area contributed by atoms with Gasteiger partial charge in [-0.3, -0.25) is 0 Å². The number of carbonyl (C=O) groups excluding carboxylic acids is 1. The predicted octanol–water partition coefficient (Wildman–Crippen LogP) is 4.14. The SMILES string of the molecule is O=C(Nc1ccc(Cl)c(S(=O)(=O)C2CC3(CCNCC3)C2)c1O)N[C@H]1CCCc2ccoc21. The first-order chi connectivity index (χ1) is 15.8. The van der Waals surface area contributed by atoms with Crippen LogP contribution in [0.15, 0.2) is 33.8 Å². The highest BCUT2D eigenvalue weighted by Gasteiger charge is 2.51. The summed E-state index contributed by atoms with van der Waals surface area (Å²) in [7, 11) is -3.85. The van der Waals surface area contributed by atoms with E-state index in [9.17, 15) is 18.3 Å². The lowest BCUT2D eigenvalue weighted by Gasteiger charge is -2.49. The zero-order valence-electron chi connectivity index (χ0n) is 18.2. The molecule has 178 valence electrons. The number of piperidine rings is 1. The molecule has 1 saturated carbocycles. The predicted molar refractivity (Wildman–Crippen MR) is 124 cm³/mol. The Hall–Kier alpha value is -2.23. The number of anilines is 1. The second kappa shape index (κ2) is 8.52. The monoisotopic (exact) mass is 493 g/mol. The number of rotatable bonds is 4. The third-order valence-electron chi connectivity index (χ3n) is 7.38. The number of sulfone groups is 1. The van der Waals surface area contributed by atoms with Crippen LogP contribution in [0.5, 0.6) is 5.75 Å². The van der Waals surface area contributed by atoms with E-state index in [0.717, 1.165) is 56.5 Å². The summed E-state index contributed by atoms with van der Waals surface area (Å²) in [6.07, 6.45) is 7.22. The Morgan fingerprint density at radius 3 is 2.73 bits per heavy atom. The average molecular weight is 494 g/mol. The molecular formula is C23H28ClN3O5S. The van der Waals surface area contributed by atoms with Crippen LogP contribution in [0.25, 0.3) is 0 Å². The van der Waals surface area contributed by atoms with Crippen LogP contribution < -0.4 is 16.0 Å². The molecule has 1 spiro atoms. The van der Waals surface area contributed by atoms with Crippen LogP contribution in [0.3, 0.4) is 0 Å². The van der Waals surface area contributed by atoms with Crippen LogP contribution in [0, 0.1) is 5.41 Å². The molecule has 8 nitrogen and oxygen atoms in total. The Morgan fingerprint density at radius 2 is 1.97 bits per heavy atom. The fourth-order valence-electron chi connectivity index (χ4n) is 5.52. The second-order valence-corrected chi connectivity index (χ2v) is 12.0. The van der Waals surface area contributed by atoms with Gasteiger partial charge in [-0.2, -0.15) is 0 Å². The third kappa shape index (κ3) is 4.11. The number of aryl methyl sites for hydroxylation is 1. The lowest BCUT2D eigenvalue weighted by atomic mass is 9.63. The van der Waals surface area contributed by atoms with E-state index in [0.29, 0.717) is 12.8 Å². The minimum atomic E-state index is -3.85. The molecule has 0 bridgehead atoms. The number of nitrogens with one attached hydrogen (secondary N) is 3. The summed E-state index contributed by atoms with van der Waals surface area (Å²) in [5.74, 6) is 0.211. The van der Waals surface area contributed by atoms with Crippen LogP contribution in [-0.2, 0) is 16.3 Å². The molecular weight excluding hydrogens is 466 g/mol. The standard InChI is InChI=1S/C23H28ClN3O5S/c24-16-4-5-17(26-22(29)27-18-3-1-2-14-6-11-32-20(14)18)19(28)21(16)33(30,31)15-12-23(13-15)7-9-25-10-8-23/h4-6,11,15,18,25,28H,1-3,7-10,12-13H2,(H2,26,27,29)/t18-/m0/s1. The number of phenolic OH excluding ortho intramolecular Hbond substituents is 1. The number of carbonyl (C=O) groups is 1. The van der Waals surface area contributed by atoms with Gasteiger partial charge in [0.25, 0.3) is 0 Å². The number of fused-ring (bicyclic) bond motifs is 1. The maximum atomic E-state index is 13.3. The van der Waals surface area contributed by atoms with E-state index in [2.05, 4.69) is 16.0 Å². The van der Waals surface area contributed by atoms with Crippen LogP contribution in [0.1, 0.15) is 55.9 Å². The number of aromatic hydroxyl groups is 1. The summed E-state index contributed by atoms with van der Waals surface area (Å²) in [5, 5.41) is 18.9. The van der Waals surface area contributed by atoms with E-state index in [1.54, 1.807) is 6.26 Å². The Kier molecular flexibility index (Phi) is 5.83. The summed E-state index contributed by atoms with van der Waals surface area (Å²) >= 11 is 6.23. The maximum Gasteiger partial charge on any atom is 0.319 e. The fraction of sp³-hybridized carbons (Fsp3) is 0.522. The lowest BCUT2D eigenvalue weighted by Crippen LogP contribution is -2.50. The molecule has 2 aromatic rings. The van der Waals surface area contributed by atoms with Gasteiger partial charge >= 0.3 is 6.03 Å². The van der Waals surface area contributed by atoms with Gasteiger partial charge < -0.3 is 25.5 Å². The Bertz CT molecular complexity index is 1160. The number of halogens is 1. The maximum absolute atomic E-state index is 13.3. The minimum Gasteiger partial charge on any atom is -0.504 e. The van der Waals surface area contributed by atoms with Crippen molar-refractivity contribution in [2.75, 3.05) is 18.4 Å². The van der Waals surface area contributed by atoms with E-state index in [4.69, 9.17) is 16.0 Å². The van der Waals surface area contributed by atoms with Gasteiger partial charge in [-0.15, -0.1) is 0 Å². The van der Waals surface area contributed by atoms with Crippen molar-refractivity contribution in [3.8, 4) is 5.75 Å². The Labute approximate surface area is 198 Å². The van der Waals surface area contributed by atoms with E-state index in [1.165, 1.54) is 12.1 Å². The first-order valence-corrected chi connectivity index (χ1v) is 13.3. The average Bonchev–Trinajstić information content (AvgIpc) is 3.24. The molecule has 33 heavy (non-hydrogen) atoms. The molecule has 5 rings (SSSR count). The van der Waals surface area contributed by atoms with Crippen molar-refractivity contribution >= 4 is 33.2 Å². The lowest BCUT2D eigenvalue weighted by molar-refractivity contribution is 0.0901. The number of furan rings is 1. The molecule has 4 N–H and O–H groups in total. The van der Waals surface area contributed by atoms with Crippen LogP contribution in [0.2, 0.25) is 5.02 Å². The minimum absolute atomic E-state index is 0.00172. The molecule has 1 aromatic heterocycles. The smallest absolute Gasteiger partial charge is 0.319 e. The fourth-order valence-corrected chi connectivity index (χ4v) is 8.19.